The van der Waals surface area contributed by atoms with E-state index >= 15 is 0 Å². The molecule has 1 saturated heterocycles. The van der Waals surface area contributed by atoms with Crippen molar-refractivity contribution in [3.05, 3.63) is 0 Å². The molecule has 0 amide bonds. The fourth-order valence-electron chi connectivity index (χ4n) is 1.18. The predicted molar refractivity (Wildman–Crippen MR) is 37.0 cm³/mol. The largest absolute Gasteiger partial charge is 0.477 e. The smallest absolute Gasteiger partial charge is 0.364 e. The number of hydrogen-bond donors (Lipinski definition) is 2. The van der Waals surface area contributed by atoms with Crippen molar-refractivity contribution in [3.8, 4) is 0 Å². The molecule has 11 heavy (non-hydrogen) atoms. The van der Waals surface area contributed by atoms with Gasteiger partial charge in [0.05, 0.1) is 5.60 Å². The van der Waals surface area contributed by atoms with Crippen molar-refractivity contribution in [3.63, 3.8) is 0 Å². The van der Waals surface area contributed by atoms with E-state index in [0.29, 0.717) is 6.42 Å². The van der Waals surface area contributed by atoms with E-state index in [1.165, 1.54) is 0 Å². The van der Waals surface area contributed by atoms with Crippen LogP contribution in [0.25, 0.3) is 0 Å². The van der Waals surface area contributed by atoms with Crippen LogP contribution in [-0.4, -0.2) is 27.6 Å². The molecule has 1 rings (SSSR count). The molecule has 0 aromatic carbocycles. The summed E-state index contributed by atoms with van der Waals surface area (Å²) in [6.45, 7) is 3.52. The average molecular weight is 160 g/mol. The van der Waals surface area contributed by atoms with Crippen molar-refractivity contribution in [2.24, 2.45) is 0 Å². The number of carbonyl (C=O) groups is 1. The third-order valence-corrected chi connectivity index (χ3v) is 1.85. The quantitative estimate of drug-likeness (QED) is 0.580. The Labute approximate surface area is 64.8 Å². The first kappa shape index (κ1) is 8.49. The van der Waals surface area contributed by atoms with Crippen LogP contribution in [0.4, 0.5) is 0 Å². The van der Waals surface area contributed by atoms with Crippen LogP contribution < -0.4 is 0 Å². The van der Waals surface area contributed by atoms with Gasteiger partial charge >= 0.3 is 5.97 Å². The van der Waals surface area contributed by atoms with Crippen LogP contribution in [0.2, 0.25) is 0 Å². The maximum Gasteiger partial charge on any atom is 0.364 e. The highest BCUT2D eigenvalue weighted by molar-refractivity contribution is 5.75. The minimum absolute atomic E-state index is 0.162. The molecule has 64 valence electrons. The highest BCUT2D eigenvalue weighted by Gasteiger charge is 2.48. The Balaban J connectivity index is 2.73. The SMILES string of the molecule is CC1(C)CCC(O)(C(=O)O)O1. The zero-order valence-corrected chi connectivity index (χ0v) is 6.63. The molecule has 1 aliphatic heterocycles. The maximum atomic E-state index is 10.4. The maximum absolute atomic E-state index is 10.4. The van der Waals surface area contributed by atoms with Gasteiger partial charge in [0.15, 0.2) is 0 Å². The highest BCUT2D eigenvalue weighted by atomic mass is 16.7. The summed E-state index contributed by atoms with van der Waals surface area (Å²) in [7, 11) is 0. The zero-order chi connectivity index (χ0) is 8.70. The lowest BCUT2D eigenvalue weighted by Gasteiger charge is -2.22. The van der Waals surface area contributed by atoms with Crippen LogP contribution >= 0.6 is 0 Å². The molecule has 0 aromatic heterocycles. The van der Waals surface area contributed by atoms with Gasteiger partial charge in [-0.3, -0.25) is 0 Å². The van der Waals surface area contributed by atoms with Crippen molar-refractivity contribution in [2.75, 3.05) is 0 Å². The second-order valence-electron chi connectivity index (χ2n) is 3.45. The van der Waals surface area contributed by atoms with Crippen LogP contribution in [-0.2, 0) is 9.53 Å². The summed E-state index contributed by atoms with van der Waals surface area (Å²) in [4.78, 5) is 10.4. The van der Waals surface area contributed by atoms with Crippen LogP contribution in [0.1, 0.15) is 26.7 Å². The average Bonchev–Trinajstić information content (AvgIpc) is 2.08. The number of carboxylic acids is 1. The first-order chi connectivity index (χ1) is 4.86. The lowest BCUT2D eigenvalue weighted by molar-refractivity contribution is -0.229. The summed E-state index contributed by atoms with van der Waals surface area (Å²) in [5.41, 5.74) is -0.521. The Hall–Kier alpha value is -0.610. The van der Waals surface area contributed by atoms with Crippen molar-refractivity contribution in [1.82, 2.24) is 0 Å². The molecular weight excluding hydrogens is 148 g/mol. The van der Waals surface area contributed by atoms with E-state index in [9.17, 15) is 9.90 Å². The number of ether oxygens (including phenoxy) is 1. The molecule has 0 spiro atoms. The summed E-state index contributed by atoms with van der Waals surface area (Å²) in [6, 6.07) is 0. The summed E-state index contributed by atoms with van der Waals surface area (Å²) >= 11 is 0. The topological polar surface area (TPSA) is 66.8 Å². The predicted octanol–water partition coefficient (Wildman–Crippen LogP) is 0.349. The molecule has 4 heteroatoms. The molecule has 0 saturated carbocycles. The van der Waals surface area contributed by atoms with Gasteiger partial charge in [-0.25, -0.2) is 4.79 Å². The van der Waals surface area contributed by atoms with Gasteiger partial charge in [-0.15, -0.1) is 0 Å². The van der Waals surface area contributed by atoms with E-state index in [-0.39, 0.29) is 6.42 Å². The normalized spacial score (nSPS) is 35.5. The van der Waals surface area contributed by atoms with Gasteiger partial charge in [0.25, 0.3) is 5.79 Å². The minimum Gasteiger partial charge on any atom is -0.477 e. The van der Waals surface area contributed by atoms with Crippen molar-refractivity contribution >= 4 is 5.97 Å². The Bertz CT molecular complexity index is 187. The Morgan fingerprint density at radius 2 is 2.00 bits per heavy atom. The van der Waals surface area contributed by atoms with E-state index in [1.54, 1.807) is 13.8 Å². The Kier molecular flexibility index (Phi) is 1.69. The van der Waals surface area contributed by atoms with Gasteiger partial charge in [0, 0.05) is 6.42 Å². The van der Waals surface area contributed by atoms with E-state index in [0.717, 1.165) is 0 Å². The summed E-state index contributed by atoms with van der Waals surface area (Å²) in [6.07, 6.45) is 0.727. The van der Waals surface area contributed by atoms with Crippen molar-refractivity contribution in [2.45, 2.75) is 38.1 Å². The molecular formula is C7H12O4. The van der Waals surface area contributed by atoms with E-state index in [4.69, 9.17) is 9.84 Å². The number of rotatable bonds is 1. The van der Waals surface area contributed by atoms with Crippen LogP contribution in [0, 0.1) is 0 Å². The van der Waals surface area contributed by atoms with E-state index in [1.807, 2.05) is 0 Å². The second kappa shape index (κ2) is 2.19. The summed E-state index contributed by atoms with van der Waals surface area (Å²) in [5, 5.41) is 17.8. The molecule has 4 nitrogen and oxygen atoms in total. The van der Waals surface area contributed by atoms with Gasteiger partial charge < -0.3 is 14.9 Å². The number of carboxylic acid groups (broad SMARTS) is 1. The molecule has 1 heterocycles. The number of aliphatic carboxylic acids is 1. The molecule has 1 unspecified atom stereocenters. The summed E-state index contributed by atoms with van der Waals surface area (Å²) < 4.78 is 4.95. The van der Waals surface area contributed by atoms with Gasteiger partial charge in [-0.2, -0.15) is 0 Å². The first-order valence-corrected chi connectivity index (χ1v) is 3.52. The molecule has 0 radical (unpaired) electrons. The molecule has 0 bridgehead atoms. The Morgan fingerprint density at radius 1 is 1.45 bits per heavy atom. The van der Waals surface area contributed by atoms with Gasteiger partial charge in [-0.05, 0) is 20.3 Å². The van der Waals surface area contributed by atoms with E-state index < -0.39 is 17.4 Å². The minimum atomic E-state index is -1.95. The number of hydrogen-bond acceptors (Lipinski definition) is 3. The fraction of sp³-hybridized carbons (Fsp3) is 0.857. The standard InChI is InChI=1S/C7H12O4/c1-6(2)3-4-7(10,11-6)5(8)9/h10H,3-4H2,1-2H3,(H,8,9). The third-order valence-electron chi connectivity index (χ3n) is 1.85. The monoisotopic (exact) mass is 160 g/mol. The molecule has 2 N–H and O–H groups in total. The van der Waals surface area contributed by atoms with Crippen LogP contribution in [0.3, 0.4) is 0 Å². The van der Waals surface area contributed by atoms with Crippen molar-refractivity contribution < 1.29 is 19.7 Å². The molecule has 1 aliphatic rings. The zero-order valence-electron chi connectivity index (χ0n) is 6.63. The summed E-state index contributed by atoms with van der Waals surface area (Å²) in [5.74, 6) is -3.26. The Morgan fingerprint density at radius 3 is 2.18 bits per heavy atom. The number of aliphatic hydroxyl groups is 1. The van der Waals surface area contributed by atoms with Gasteiger partial charge in [0.2, 0.25) is 0 Å². The lowest BCUT2D eigenvalue weighted by atomic mass is 10.0. The second-order valence-corrected chi connectivity index (χ2v) is 3.45. The first-order valence-electron chi connectivity index (χ1n) is 3.52. The lowest BCUT2D eigenvalue weighted by Crippen LogP contribution is -2.40. The van der Waals surface area contributed by atoms with Crippen LogP contribution in [0.5, 0.6) is 0 Å². The van der Waals surface area contributed by atoms with Crippen molar-refractivity contribution in [1.29, 1.82) is 0 Å². The van der Waals surface area contributed by atoms with Crippen LogP contribution in [0.15, 0.2) is 0 Å². The van der Waals surface area contributed by atoms with E-state index in [2.05, 4.69) is 0 Å². The van der Waals surface area contributed by atoms with Gasteiger partial charge in [-0.1, -0.05) is 0 Å². The highest BCUT2D eigenvalue weighted by Crippen LogP contribution is 2.35. The van der Waals surface area contributed by atoms with Gasteiger partial charge in [0.1, 0.15) is 0 Å². The molecule has 1 fully saturated rings. The molecule has 0 aliphatic carbocycles. The molecule has 1 atom stereocenters. The molecule has 0 aromatic rings. The fourth-order valence-corrected chi connectivity index (χ4v) is 1.18. The third kappa shape index (κ3) is 1.52.